The van der Waals surface area contributed by atoms with E-state index in [2.05, 4.69) is 35.6 Å². The molecular weight excluding hydrogens is 256 g/mol. The van der Waals surface area contributed by atoms with E-state index in [1.54, 1.807) is 18.4 Å². The SMILES string of the molecule is CCCNC(c1cnccc1C)c1sccc1OC. The lowest BCUT2D eigenvalue weighted by Gasteiger charge is -2.20. The summed E-state index contributed by atoms with van der Waals surface area (Å²) in [4.78, 5) is 5.48. The van der Waals surface area contributed by atoms with Gasteiger partial charge in [0.05, 0.1) is 18.0 Å². The van der Waals surface area contributed by atoms with Crippen LogP contribution in [0.2, 0.25) is 0 Å². The van der Waals surface area contributed by atoms with E-state index in [1.165, 1.54) is 16.0 Å². The van der Waals surface area contributed by atoms with Crippen molar-refractivity contribution in [2.75, 3.05) is 13.7 Å². The average molecular weight is 276 g/mol. The van der Waals surface area contributed by atoms with Gasteiger partial charge in [0.1, 0.15) is 5.75 Å². The van der Waals surface area contributed by atoms with E-state index in [1.807, 2.05) is 18.5 Å². The quantitative estimate of drug-likeness (QED) is 0.876. The number of aryl methyl sites for hydroxylation is 1. The predicted molar refractivity (Wildman–Crippen MR) is 80.0 cm³/mol. The van der Waals surface area contributed by atoms with Crippen LogP contribution in [0.25, 0.3) is 0 Å². The van der Waals surface area contributed by atoms with Crippen LogP contribution in [0.1, 0.15) is 35.4 Å². The number of ether oxygens (including phenoxy) is 1. The second-order valence-corrected chi connectivity index (χ2v) is 5.42. The van der Waals surface area contributed by atoms with Crippen LogP contribution in [0, 0.1) is 6.92 Å². The molecule has 0 aromatic carbocycles. The Morgan fingerprint density at radius 2 is 2.26 bits per heavy atom. The Hall–Kier alpha value is -1.39. The molecule has 0 bridgehead atoms. The van der Waals surface area contributed by atoms with Gasteiger partial charge in [0.15, 0.2) is 0 Å². The highest BCUT2D eigenvalue weighted by Crippen LogP contribution is 2.35. The number of thiophene rings is 1. The molecule has 0 spiro atoms. The van der Waals surface area contributed by atoms with Gasteiger partial charge in [-0.1, -0.05) is 6.92 Å². The third-order valence-electron chi connectivity index (χ3n) is 3.13. The standard InChI is InChI=1S/C15H20N2OS/c1-4-7-17-14(12-10-16-8-5-11(12)2)15-13(18-3)6-9-19-15/h5-6,8-10,14,17H,4,7H2,1-3H3. The predicted octanol–water partition coefficient (Wildman–Crippen LogP) is 3.55. The zero-order valence-electron chi connectivity index (χ0n) is 11.6. The minimum absolute atomic E-state index is 0.156. The zero-order chi connectivity index (χ0) is 13.7. The molecular formula is C15H20N2OS. The van der Waals surface area contributed by atoms with Crippen LogP contribution < -0.4 is 10.1 Å². The van der Waals surface area contributed by atoms with Crippen LogP contribution in [0.5, 0.6) is 5.75 Å². The fourth-order valence-corrected chi connectivity index (χ4v) is 3.05. The maximum atomic E-state index is 5.46. The molecule has 0 saturated carbocycles. The highest BCUT2D eigenvalue weighted by molar-refractivity contribution is 7.10. The van der Waals surface area contributed by atoms with E-state index < -0.39 is 0 Å². The molecule has 2 aromatic rings. The van der Waals surface area contributed by atoms with Crippen molar-refractivity contribution >= 4 is 11.3 Å². The summed E-state index contributed by atoms with van der Waals surface area (Å²) < 4.78 is 5.46. The first-order valence-corrected chi connectivity index (χ1v) is 7.41. The van der Waals surface area contributed by atoms with Crippen LogP contribution in [-0.2, 0) is 0 Å². The van der Waals surface area contributed by atoms with Crippen molar-refractivity contribution in [2.24, 2.45) is 0 Å². The molecule has 2 heterocycles. The first-order valence-electron chi connectivity index (χ1n) is 6.53. The van der Waals surface area contributed by atoms with Crippen molar-refractivity contribution in [3.63, 3.8) is 0 Å². The smallest absolute Gasteiger partial charge is 0.134 e. The van der Waals surface area contributed by atoms with Gasteiger partial charge in [-0.05, 0) is 48.5 Å². The topological polar surface area (TPSA) is 34.2 Å². The number of aromatic nitrogens is 1. The molecule has 4 heteroatoms. The molecule has 0 aliphatic carbocycles. The van der Waals surface area contributed by atoms with Gasteiger partial charge in [-0.3, -0.25) is 4.98 Å². The first kappa shape index (κ1) is 14.0. The van der Waals surface area contributed by atoms with Crippen molar-refractivity contribution in [3.05, 3.63) is 45.9 Å². The number of methoxy groups -OCH3 is 1. The fraction of sp³-hybridized carbons (Fsp3) is 0.400. The Morgan fingerprint density at radius 1 is 1.42 bits per heavy atom. The van der Waals surface area contributed by atoms with E-state index in [0.29, 0.717) is 0 Å². The zero-order valence-corrected chi connectivity index (χ0v) is 12.5. The van der Waals surface area contributed by atoms with Gasteiger partial charge in [0.2, 0.25) is 0 Å². The summed E-state index contributed by atoms with van der Waals surface area (Å²) in [5.41, 5.74) is 2.47. The molecule has 2 rings (SSSR count). The number of hydrogen-bond donors (Lipinski definition) is 1. The number of pyridine rings is 1. The number of hydrogen-bond acceptors (Lipinski definition) is 4. The van der Waals surface area contributed by atoms with Crippen molar-refractivity contribution in [3.8, 4) is 5.75 Å². The van der Waals surface area contributed by atoms with Gasteiger partial charge >= 0.3 is 0 Å². The average Bonchev–Trinajstić information content (AvgIpc) is 2.89. The maximum Gasteiger partial charge on any atom is 0.134 e. The van der Waals surface area contributed by atoms with Crippen LogP contribution in [0.15, 0.2) is 29.9 Å². The molecule has 0 fully saturated rings. The van der Waals surface area contributed by atoms with Crippen molar-refractivity contribution < 1.29 is 4.74 Å². The molecule has 0 radical (unpaired) electrons. The highest BCUT2D eigenvalue weighted by Gasteiger charge is 2.20. The van der Waals surface area contributed by atoms with Crippen molar-refractivity contribution in [2.45, 2.75) is 26.3 Å². The Balaban J connectivity index is 2.39. The number of nitrogens with zero attached hydrogens (tertiary/aromatic N) is 1. The Bertz CT molecular complexity index is 524. The lowest BCUT2D eigenvalue weighted by molar-refractivity contribution is 0.407. The van der Waals surface area contributed by atoms with Crippen molar-refractivity contribution in [1.82, 2.24) is 10.3 Å². The maximum absolute atomic E-state index is 5.46. The van der Waals surface area contributed by atoms with Crippen LogP contribution in [0.4, 0.5) is 0 Å². The molecule has 0 amide bonds. The molecule has 2 aromatic heterocycles. The minimum atomic E-state index is 0.156. The second kappa shape index (κ2) is 6.68. The molecule has 0 aliphatic rings. The Morgan fingerprint density at radius 3 is 2.95 bits per heavy atom. The number of nitrogens with one attached hydrogen (secondary N) is 1. The van der Waals surface area contributed by atoms with E-state index in [9.17, 15) is 0 Å². The lowest BCUT2D eigenvalue weighted by Crippen LogP contribution is -2.23. The second-order valence-electron chi connectivity index (χ2n) is 4.47. The molecule has 102 valence electrons. The van der Waals surface area contributed by atoms with Crippen LogP contribution in [-0.4, -0.2) is 18.6 Å². The summed E-state index contributed by atoms with van der Waals surface area (Å²) in [5.74, 6) is 0.946. The summed E-state index contributed by atoms with van der Waals surface area (Å²) in [6.07, 6.45) is 4.88. The highest BCUT2D eigenvalue weighted by atomic mass is 32.1. The Labute approximate surface area is 118 Å². The summed E-state index contributed by atoms with van der Waals surface area (Å²) in [5, 5.41) is 5.66. The number of rotatable bonds is 6. The molecule has 1 unspecified atom stereocenters. The van der Waals surface area contributed by atoms with Gasteiger partial charge in [-0.15, -0.1) is 11.3 Å². The summed E-state index contributed by atoms with van der Waals surface area (Å²) in [6.45, 7) is 5.27. The monoisotopic (exact) mass is 276 g/mol. The summed E-state index contributed by atoms with van der Waals surface area (Å²) in [6, 6.07) is 4.23. The van der Waals surface area contributed by atoms with Crippen LogP contribution in [0.3, 0.4) is 0 Å². The molecule has 3 nitrogen and oxygen atoms in total. The molecule has 19 heavy (non-hydrogen) atoms. The van der Waals surface area contributed by atoms with Gasteiger partial charge in [-0.2, -0.15) is 0 Å². The molecule has 1 N–H and O–H groups in total. The van der Waals surface area contributed by atoms with Gasteiger partial charge in [-0.25, -0.2) is 0 Å². The van der Waals surface area contributed by atoms with Gasteiger partial charge in [0.25, 0.3) is 0 Å². The third-order valence-corrected chi connectivity index (χ3v) is 4.09. The lowest BCUT2D eigenvalue weighted by atomic mass is 10.0. The van der Waals surface area contributed by atoms with E-state index in [0.717, 1.165) is 18.7 Å². The normalized spacial score (nSPS) is 12.4. The van der Waals surface area contributed by atoms with E-state index in [4.69, 9.17) is 4.74 Å². The summed E-state index contributed by atoms with van der Waals surface area (Å²) >= 11 is 1.72. The molecule has 0 aliphatic heterocycles. The first-order chi connectivity index (χ1) is 9.27. The van der Waals surface area contributed by atoms with Gasteiger partial charge < -0.3 is 10.1 Å². The minimum Gasteiger partial charge on any atom is -0.496 e. The van der Waals surface area contributed by atoms with E-state index in [-0.39, 0.29) is 6.04 Å². The van der Waals surface area contributed by atoms with Crippen molar-refractivity contribution in [1.29, 1.82) is 0 Å². The Kier molecular flexibility index (Phi) is 4.93. The van der Waals surface area contributed by atoms with Crippen LogP contribution >= 0.6 is 11.3 Å². The third kappa shape index (κ3) is 3.14. The fourth-order valence-electron chi connectivity index (χ4n) is 2.10. The summed E-state index contributed by atoms with van der Waals surface area (Å²) in [7, 11) is 1.72. The molecule has 0 saturated heterocycles. The van der Waals surface area contributed by atoms with E-state index >= 15 is 0 Å². The molecule has 1 atom stereocenters. The largest absolute Gasteiger partial charge is 0.496 e. The van der Waals surface area contributed by atoms with Gasteiger partial charge in [0, 0.05) is 12.4 Å².